The van der Waals surface area contributed by atoms with Crippen LogP contribution in [0.1, 0.15) is 0 Å². The summed E-state index contributed by atoms with van der Waals surface area (Å²) in [6.07, 6.45) is 0. The molecular formula is C28H18N4O3Y2-2. The molecule has 0 bridgehead atoms. The smallest absolute Gasteiger partial charge is 0.264 e. The minimum absolute atomic E-state index is 0. The maximum atomic E-state index is 13.6. The average Bonchev–Trinajstić information content (AvgIpc) is 3.40. The van der Waals surface area contributed by atoms with Crippen molar-refractivity contribution in [2.45, 2.75) is 0 Å². The van der Waals surface area contributed by atoms with Crippen LogP contribution in [0.4, 0.5) is 0 Å². The van der Waals surface area contributed by atoms with Gasteiger partial charge in [-0.15, -0.1) is 0 Å². The van der Waals surface area contributed by atoms with E-state index in [0.29, 0.717) is 38.5 Å². The minimum Gasteiger partial charge on any atom is -0.508 e. The number of aromatic hydroxyl groups is 1. The number of aromatic nitrogens is 4. The number of nitrogens with zero attached hydrogens (tertiary/aromatic N) is 4. The molecule has 9 heteroatoms. The molecular weight excluding hydrogens is 618 g/mol. The Labute approximate surface area is 260 Å². The Hall–Kier alpha value is -2.57. The van der Waals surface area contributed by atoms with Gasteiger partial charge in [-0.25, -0.2) is 9.97 Å². The SMILES string of the molecule is O=c1c2ccc3c4c(ccc(c24)c2nc4ccccc4n12)c(=O)n1c2ccc(O)cc2nc31.[CH3-].[CH3-].[Y].[Y]. The number of hydrogen-bond donors (Lipinski definition) is 1. The van der Waals surface area contributed by atoms with Crippen LogP contribution in [-0.2, 0) is 65.4 Å². The average molecular weight is 636 g/mol. The molecule has 4 aromatic heterocycles. The third-order valence-corrected chi connectivity index (χ3v) is 6.71. The Morgan fingerprint density at radius 1 is 0.595 bits per heavy atom. The van der Waals surface area contributed by atoms with E-state index in [-0.39, 0.29) is 97.1 Å². The number of rotatable bonds is 0. The van der Waals surface area contributed by atoms with Gasteiger partial charge in [0.15, 0.2) is 0 Å². The second-order valence-electron chi connectivity index (χ2n) is 8.39. The molecule has 0 fully saturated rings. The van der Waals surface area contributed by atoms with Gasteiger partial charge in [-0.05, 0) is 48.5 Å². The maximum absolute atomic E-state index is 13.6. The van der Waals surface area contributed by atoms with E-state index < -0.39 is 0 Å². The normalized spacial score (nSPS) is 11.2. The number of phenolic OH excluding ortho intramolecular Hbond substituents is 1. The molecule has 0 saturated heterocycles. The summed E-state index contributed by atoms with van der Waals surface area (Å²) in [5, 5.41) is 14.0. The number of para-hydroxylation sites is 2. The maximum Gasteiger partial charge on any atom is 0.264 e. The Balaban J connectivity index is 0.000000800. The Bertz CT molecular complexity index is 2260. The third-order valence-electron chi connectivity index (χ3n) is 6.71. The first-order chi connectivity index (χ1) is 16.1. The first-order valence-corrected chi connectivity index (χ1v) is 10.5. The summed E-state index contributed by atoms with van der Waals surface area (Å²) in [6, 6.07) is 19.7. The van der Waals surface area contributed by atoms with Crippen LogP contribution in [0.25, 0.3) is 65.7 Å². The van der Waals surface area contributed by atoms with Gasteiger partial charge in [0.05, 0.1) is 22.1 Å². The molecule has 0 atom stereocenters. The van der Waals surface area contributed by atoms with E-state index in [2.05, 4.69) is 4.98 Å². The Morgan fingerprint density at radius 3 is 1.68 bits per heavy atom. The summed E-state index contributed by atoms with van der Waals surface area (Å²) in [5.74, 6) is 0.0876. The topological polar surface area (TPSA) is 89.0 Å². The molecule has 0 unspecified atom stereocenters. The first-order valence-electron chi connectivity index (χ1n) is 10.5. The van der Waals surface area contributed by atoms with E-state index in [9.17, 15) is 14.7 Å². The Morgan fingerprint density at radius 2 is 1.08 bits per heavy atom. The molecule has 8 aromatic rings. The summed E-state index contributed by atoms with van der Waals surface area (Å²) < 4.78 is 3.23. The van der Waals surface area contributed by atoms with Crippen LogP contribution in [-0.4, -0.2) is 23.9 Å². The van der Waals surface area contributed by atoms with Gasteiger partial charge in [-0.2, -0.15) is 0 Å². The summed E-state index contributed by atoms with van der Waals surface area (Å²) in [5.41, 5.74) is 3.38. The number of pyridine rings is 2. The van der Waals surface area contributed by atoms with E-state index in [0.717, 1.165) is 27.2 Å². The second-order valence-corrected chi connectivity index (χ2v) is 8.39. The van der Waals surface area contributed by atoms with Crippen molar-refractivity contribution >= 4 is 65.7 Å². The van der Waals surface area contributed by atoms with E-state index in [1.807, 2.05) is 48.5 Å². The van der Waals surface area contributed by atoms with E-state index >= 15 is 0 Å². The predicted octanol–water partition coefficient (Wildman–Crippen LogP) is 4.95. The zero-order valence-corrected chi connectivity index (χ0v) is 25.7. The largest absolute Gasteiger partial charge is 0.508 e. The predicted molar refractivity (Wildman–Crippen MR) is 141 cm³/mol. The summed E-state index contributed by atoms with van der Waals surface area (Å²) in [7, 11) is 0. The number of fused-ring (bicyclic) bond motifs is 8. The summed E-state index contributed by atoms with van der Waals surface area (Å²) >= 11 is 0. The fraction of sp³-hybridized carbons (Fsp3) is 0. The molecule has 37 heavy (non-hydrogen) atoms. The number of phenols is 1. The third kappa shape index (κ3) is 3.34. The number of imidazole rings is 2. The molecule has 0 aliphatic carbocycles. The first kappa shape index (κ1) is 27.5. The van der Waals surface area contributed by atoms with Crippen LogP contribution in [0, 0.1) is 14.9 Å². The molecule has 0 aliphatic rings. The molecule has 1 N–H and O–H groups in total. The van der Waals surface area contributed by atoms with Gasteiger partial charge in [0.25, 0.3) is 11.1 Å². The number of benzene rings is 4. The molecule has 0 aliphatic heterocycles. The van der Waals surface area contributed by atoms with Gasteiger partial charge >= 0.3 is 0 Å². The zero-order chi connectivity index (χ0) is 22.0. The van der Waals surface area contributed by atoms with Crippen LogP contribution >= 0.6 is 0 Å². The molecule has 4 heterocycles. The van der Waals surface area contributed by atoms with Gasteiger partial charge in [0.2, 0.25) is 0 Å². The fourth-order valence-electron chi connectivity index (χ4n) is 5.33. The summed E-state index contributed by atoms with van der Waals surface area (Å²) in [6.45, 7) is 0. The van der Waals surface area contributed by atoms with Gasteiger partial charge in [-0.1, -0.05) is 12.1 Å². The van der Waals surface area contributed by atoms with E-state index in [4.69, 9.17) is 4.98 Å². The Kier molecular flexibility index (Phi) is 6.91. The zero-order valence-electron chi connectivity index (χ0n) is 20.1. The van der Waals surface area contributed by atoms with Crippen molar-refractivity contribution in [1.82, 2.24) is 18.8 Å². The molecule has 7 nitrogen and oxygen atoms in total. The molecule has 0 saturated carbocycles. The molecule has 0 amide bonds. The van der Waals surface area contributed by atoms with Crippen molar-refractivity contribution in [3.05, 3.63) is 102 Å². The molecule has 0 spiro atoms. The molecule has 176 valence electrons. The minimum atomic E-state index is -0.207. The van der Waals surface area contributed by atoms with Crippen LogP contribution in [0.2, 0.25) is 0 Å². The van der Waals surface area contributed by atoms with Crippen molar-refractivity contribution in [1.29, 1.82) is 0 Å². The van der Waals surface area contributed by atoms with Crippen molar-refractivity contribution in [3.8, 4) is 5.75 Å². The second kappa shape index (κ2) is 9.32. The van der Waals surface area contributed by atoms with Crippen molar-refractivity contribution in [2.75, 3.05) is 0 Å². The van der Waals surface area contributed by atoms with Crippen molar-refractivity contribution in [2.24, 2.45) is 0 Å². The van der Waals surface area contributed by atoms with Crippen LogP contribution in [0.15, 0.2) is 76.3 Å². The van der Waals surface area contributed by atoms with E-state index in [1.165, 1.54) is 0 Å². The van der Waals surface area contributed by atoms with Crippen molar-refractivity contribution in [3.63, 3.8) is 0 Å². The monoisotopic (exact) mass is 636 g/mol. The quantitative estimate of drug-likeness (QED) is 0.188. The van der Waals surface area contributed by atoms with E-state index in [1.54, 1.807) is 27.0 Å². The van der Waals surface area contributed by atoms with Crippen LogP contribution < -0.4 is 11.1 Å². The standard InChI is InChI=1S/C26H12N4O3.2CH3.2Y/c31-12-5-10-20-18(11-12)28-24-14-7-9-15-21-13(6-8-16(22(14)21)26(33)30(20)24)23-27-17-3-1-2-4-19(17)29(23)25(15)32;;;;/h1-11,31H;2*1H3;;/q;2*-1;;. The summed E-state index contributed by atoms with van der Waals surface area (Å²) in [4.78, 5) is 36.6. The van der Waals surface area contributed by atoms with Crippen LogP contribution in [0.3, 0.4) is 0 Å². The van der Waals surface area contributed by atoms with Crippen LogP contribution in [0.5, 0.6) is 5.75 Å². The molecule has 8 rings (SSSR count). The number of hydrogen-bond acceptors (Lipinski definition) is 5. The molecule has 4 aromatic carbocycles. The fourth-order valence-corrected chi connectivity index (χ4v) is 5.33. The van der Waals surface area contributed by atoms with Crippen molar-refractivity contribution < 1.29 is 70.5 Å². The van der Waals surface area contributed by atoms with Gasteiger partial charge in [0.1, 0.15) is 17.0 Å². The van der Waals surface area contributed by atoms with Gasteiger partial charge in [-0.3, -0.25) is 18.4 Å². The molecule has 2 radical (unpaired) electrons. The van der Waals surface area contributed by atoms with Gasteiger partial charge in [0, 0.05) is 104 Å². The van der Waals surface area contributed by atoms with Gasteiger partial charge < -0.3 is 20.0 Å².